The summed E-state index contributed by atoms with van der Waals surface area (Å²) in [6.07, 6.45) is 2.44. The Kier molecular flexibility index (Phi) is 5.38. The molecule has 0 amide bonds. The largest absolute Gasteiger partial charge is 0.233 e. The lowest BCUT2D eigenvalue weighted by Gasteiger charge is -2.04. The third-order valence-electron chi connectivity index (χ3n) is 2.26. The number of rotatable bonds is 6. The van der Waals surface area contributed by atoms with Gasteiger partial charge in [-0.05, 0) is 24.0 Å². The first-order valence-corrected chi connectivity index (χ1v) is 7.27. The number of hydrogen-bond acceptors (Lipinski definition) is 2. The van der Waals surface area contributed by atoms with Crippen LogP contribution in [0.1, 0.15) is 25.8 Å². The van der Waals surface area contributed by atoms with E-state index in [-0.39, 0.29) is 0 Å². The van der Waals surface area contributed by atoms with Crippen LogP contribution in [0.4, 0.5) is 0 Å². The number of nitrogens with one attached hydrogen (secondary N) is 1. The Labute approximate surface area is 104 Å². The van der Waals surface area contributed by atoms with Crippen LogP contribution >= 0.6 is 0 Å². The highest BCUT2D eigenvalue weighted by Crippen LogP contribution is 2.03. The first-order chi connectivity index (χ1) is 7.99. The van der Waals surface area contributed by atoms with E-state index >= 15 is 0 Å². The minimum Gasteiger partial charge on any atom is -0.212 e. The van der Waals surface area contributed by atoms with E-state index in [0.29, 0.717) is 12.5 Å². The average molecular weight is 253 g/mol. The maximum Gasteiger partial charge on any atom is 0.233 e. The summed E-state index contributed by atoms with van der Waals surface area (Å²) in [7, 11) is -3.31. The second-order valence-corrected chi connectivity index (χ2v) is 5.99. The van der Waals surface area contributed by atoms with E-state index in [0.717, 1.165) is 12.0 Å². The van der Waals surface area contributed by atoms with Crippen LogP contribution in [-0.2, 0) is 10.0 Å². The third kappa shape index (κ3) is 6.24. The van der Waals surface area contributed by atoms with E-state index in [4.69, 9.17) is 0 Å². The van der Waals surface area contributed by atoms with Crippen LogP contribution in [0.3, 0.4) is 0 Å². The molecule has 1 rings (SSSR count). The van der Waals surface area contributed by atoms with Crippen molar-refractivity contribution in [2.24, 2.45) is 5.92 Å². The Morgan fingerprint density at radius 1 is 1.24 bits per heavy atom. The van der Waals surface area contributed by atoms with Gasteiger partial charge in [-0.25, -0.2) is 13.1 Å². The molecule has 94 valence electrons. The summed E-state index contributed by atoms with van der Waals surface area (Å²) in [5, 5.41) is 1.21. The highest BCUT2D eigenvalue weighted by Gasteiger charge is 2.04. The highest BCUT2D eigenvalue weighted by molar-refractivity contribution is 7.92. The van der Waals surface area contributed by atoms with Crippen LogP contribution in [0.2, 0.25) is 0 Å². The molecule has 0 saturated carbocycles. The second-order valence-electron chi connectivity index (χ2n) is 4.34. The molecule has 3 nitrogen and oxygen atoms in total. The van der Waals surface area contributed by atoms with E-state index in [9.17, 15) is 8.42 Å². The molecule has 0 aliphatic heterocycles. The molecule has 0 unspecified atom stereocenters. The summed E-state index contributed by atoms with van der Waals surface area (Å²) in [5.74, 6) is 0.496. The number of benzene rings is 1. The fraction of sp³-hybridized carbons (Fsp3) is 0.385. The molecular weight excluding hydrogens is 234 g/mol. The third-order valence-corrected chi connectivity index (χ3v) is 3.37. The van der Waals surface area contributed by atoms with Gasteiger partial charge in [0.25, 0.3) is 0 Å². The van der Waals surface area contributed by atoms with Crippen molar-refractivity contribution in [3.05, 3.63) is 41.3 Å². The Morgan fingerprint density at radius 2 is 1.88 bits per heavy atom. The fourth-order valence-corrected chi connectivity index (χ4v) is 2.11. The molecule has 0 atom stereocenters. The molecule has 0 aliphatic rings. The standard InChI is InChI=1S/C13H19NO2S/c1-12(2)8-10-14-17(15,16)11-9-13-6-4-3-5-7-13/h3-7,9,11-12,14H,8,10H2,1-2H3. The molecule has 0 spiro atoms. The zero-order valence-corrected chi connectivity index (χ0v) is 11.1. The van der Waals surface area contributed by atoms with Gasteiger partial charge < -0.3 is 0 Å². The number of sulfonamides is 1. The fourth-order valence-electron chi connectivity index (χ4n) is 1.27. The Hall–Kier alpha value is -1.13. The van der Waals surface area contributed by atoms with E-state index in [1.54, 1.807) is 6.08 Å². The maximum atomic E-state index is 11.6. The Bertz CT molecular complexity index is 450. The van der Waals surface area contributed by atoms with Crippen LogP contribution in [0.15, 0.2) is 35.7 Å². The van der Waals surface area contributed by atoms with Gasteiger partial charge >= 0.3 is 0 Å². The maximum absolute atomic E-state index is 11.6. The van der Waals surface area contributed by atoms with Gasteiger partial charge in [0.1, 0.15) is 0 Å². The normalized spacial score (nSPS) is 12.4. The van der Waals surface area contributed by atoms with E-state index in [2.05, 4.69) is 18.6 Å². The summed E-state index contributed by atoms with van der Waals surface area (Å²) in [5.41, 5.74) is 0.877. The van der Waals surface area contributed by atoms with Gasteiger partial charge in [0.05, 0.1) is 0 Å². The van der Waals surface area contributed by atoms with Crippen LogP contribution in [0.5, 0.6) is 0 Å². The quantitative estimate of drug-likeness (QED) is 0.847. The van der Waals surface area contributed by atoms with Gasteiger partial charge in [-0.15, -0.1) is 0 Å². The van der Waals surface area contributed by atoms with E-state index in [1.807, 2.05) is 30.3 Å². The Morgan fingerprint density at radius 3 is 2.47 bits per heavy atom. The van der Waals surface area contributed by atoms with Crippen molar-refractivity contribution in [2.45, 2.75) is 20.3 Å². The predicted octanol–water partition coefficient (Wildman–Crippen LogP) is 2.62. The minimum absolute atomic E-state index is 0.485. The van der Waals surface area contributed by atoms with Gasteiger partial charge in [0, 0.05) is 12.0 Å². The molecule has 0 fully saturated rings. The van der Waals surface area contributed by atoms with E-state index in [1.165, 1.54) is 5.41 Å². The van der Waals surface area contributed by atoms with Crippen molar-refractivity contribution >= 4 is 16.1 Å². The minimum atomic E-state index is -3.31. The second kappa shape index (κ2) is 6.57. The van der Waals surface area contributed by atoms with Crippen LogP contribution in [0.25, 0.3) is 6.08 Å². The molecule has 0 aromatic heterocycles. The molecular formula is C13H19NO2S. The van der Waals surface area contributed by atoms with Crippen molar-refractivity contribution in [2.75, 3.05) is 6.54 Å². The number of hydrogen-bond donors (Lipinski definition) is 1. The topological polar surface area (TPSA) is 46.2 Å². The highest BCUT2D eigenvalue weighted by atomic mass is 32.2. The van der Waals surface area contributed by atoms with Crippen molar-refractivity contribution in [1.82, 2.24) is 4.72 Å². The van der Waals surface area contributed by atoms with Gasteiger partial charge in [0.2, 0.25) is 10.0 Å². The van der Waals surface area contributed by atoms with Gasteiger partial charge in [0.15, 0.2) is 0 Å². The molecule has 1 aromatic rings. The molecule has 4 heteroatoms. The lowest BCUT2D eigenvalue weighted by Crippen LogP contribution is -2.23. The monoisotopic (exact) mass is 253 g/mol. The first-order valence-electron chi connectivity index (χ1n) is 5.72. The lowest BCUT2D eigenvalue weighted by atomic mass is 10.1. The molecule has 0 radical (unpaired) electrons. The van der Waals surface area contributed by atoms with Crippen LogP contribution in [-0.4, -0.2) is 15.0 Å². The molecule has 17 heavy (non-hydrogen) atoms. The molecule has 0 aliphatic carbocycles. The molecule has 1 N–H and O–H groups in total. The van der Waals surface area contributed by atoms with Crippen molar-refractivity contribution < 1.29 is 8.42 Å². The molecule has 0 bridgehead atoms. The van der Waals surface area contributed by atoms with Crippen molar-refractivity contribution in [3.8, 4) is 0 Å². The Balaban J connectivity index is 2.52. The zero-order valence-electron chi connectivity index (χ0n) is 10.3. The van der Waals surface area contributed by atoms with Gasteiger partial charge in [-0.3, -0.25) is 0 Å². The summed E-state index contributed by atoms with van der Waals surface area (Å²) in [4.78, 5) is 0. The van der Waals surface area contributed by atoms with Crippen LogP contribution in [0, 0.1) is 5.92 Å². The first kappa shape index (κ1) is 13.9. The van der Waals surface area contributed by atoms with E-state index < -0.39 is 10.0 Å². The summed E-state index contributed by atoms with van der Waals surface area (Å²) in [6.45, 7) is 4.61. The zero-order chi connectivity index (χ0) is 12.7. The lowest BCUT2D eigenvalue weighted by molar-refractivity contribution is 0.557. The summed E-state index contributed by atoms with van der Waals surface area (Å²) in [6, 6.07) is 9.37. The average Bonchev–Trinajstić information content (AvgIpc) is 2.27. The molecule has 0 heterocycles. The summed E-state index contributed by atoms with van der Waals surface area (Å²) >= 11 is 0. The smallest absolute Gasteiger partial charge is 0.212 e. The predicted molar refractivity (Wildman–Crippen MR) is 71.9 cm³/mol. The molecule has 1 aromatic carbocycles. The summed E-state index contributed by atoms with van der Waals surface area (Å²) < 4.78 is 25.7. The molecule has 0 saturated heterocycles. The van der Waals surface area contributed by atoms with Gasteiger partial charge in [-0.1, -0.05) is 44.2 Å². The SMILES string of the molecule is CC(C)CCNS(=O)(=O)C=Cc1ccccc1. The van der Waals surface area contributed by atoms with Crippen LogP contribution < -0.4 is 4.72 Å². The van der Waals surface area contributed by atoms with Crippen molar-refractivity contribution in [1.29, 1.82) is 0 Å². The van der Waals surface area contributed by atoms with Crippen molar-refractivity contribution in [3.63, 3.8) is 0 Å². The van der Waals surface area contributed by atoms with Gasteiger partial charge in [-0.2, -0.15) is 0 Å².